The molecule has 0 aromatic rings. The fourth-order valence-electron chi connectivity index (χ4n) is 0. The van der Waals surface area contributed by atoms with Gasteiger partial charge in [0.2, 0.25) is 0 Å². The van der Waals surface area contributed by atoms with Crippen molar-refractivity contribution in [2.45, 2.75) is 0 Å². The van der Waals surface area contributed by atoms with Crippen molar-refractivity contribution in [1.29, 1.82) is 5.26 Å². The fraction of sp³-hybridized carbons (Fsp3) is 0. The van der Waals surface area contributed by atoms with E-state index in [0.717, 1.165) is 0 Å². The molecule has 0 aliphatic rings. The van der Waals surface area contributed by atoms with Gasteiger partial charge in [-0.05, 0) is 0 Å². The first-order chi connectivity index (χ1) is 2.73. The third-order valence-corrected chi connectivity index (χ3v) is 0. The molecule has 0 aromatic heterocycles. The SMILES string of the molecule is C#N.OB(O)O.[H-].[Na+]. The van der Waals surface area contributed by atoms with Gasteiger partial charge in [-0.2, -0.15) is 0 Å². The average Bonchev–Trinajstić information content (AvgIpc) is 1.41. The monoisotopic (exact) mass is 113 g/mol. The third-order valence-electron chi connectivity index (χ3n) is 0. The Bertz CT molecular complexity index is 40.8. The number of hydrogen-bond donors (Lipinski definition) is 3. The van der Waals surface area contributed by atoms with E-state index in [-0.39, 0.29) is 31.0 Å². The molecule has 0 radical (unpaired) electrons. The van der Waals surface area contributed by atoms with E-state index in [9.17, 15) is 0 Å². The average molecular weight is 113 g/mol. The summed E-state index contributed by atoms with van der Waals surface area (Å²) in [4.78, 5) is 0. The summed E-state index contributed by atoms with van der Waals surface area (Å²) in [5, 5.41) is 28.0. The molecule has 0 amide bonds. The summed E-state index contributed by atoms with van der Waals surface area (Å²) in [6, 6.07) is 0. The summed E-state index contributed by atoms with van der Waals surface area (Å²) in [6.07, 6.45) is 0. The summed E-state index contributed by atoms with van der Waals surface area (Å²) in [5.41, 5.74) is 0. The molecule has 0 spiro atoms. The van der Waals surface area contributed by atoms with E-state index in [0.29, 0.717) is 0 Å². The molecule has 0 saturated heterocycles. The first-order valence-corrected chi connectivity index (χ1v) is 1.03. The van der Waals surface area contributed by atoms with Crippen molar-refractivity contribution in [1.82, 2.24) is 0 Å². The van der Waals surface area contributed by atoms with Gasteiger partial charge in [0.15, 0.2) is 0 Å². The summed E-state index contributed by atoms with van der Waals surface area (Å²) >= 11 is 0. The largest absolute Gasteiger partial charge is 1.00 e. The van der Waals surface area contributed by atoms with E-state index in [1.165, 1.54) is 0 Å². The molecule has 0 aliphatic heterocycles. The minimum absolute atomic E-state index is 0. The van der Waals surface area contributed by atoms with Gasteiger partial charge in [-0.1, -0.05) is 0 Å². The van der Waals surface area contributed by atoms with Gasteiger partial charge in [0, 0.05) is 6.57 Å². The molecule has 0 saturated carbocycles. The fourth-order valence-corrected chi connectivity index (χ4v) is 0. The second kappa shape index (κ2) is 16.1. The summed E-state index contributed by atoms with van der Waals surface area (Å²) in [5.74, 6) is 0. The van der Waals surface area contributed by atoms with E-state index in [1.807, 2.05) is 0 Å². The van der Waals surface area contributed by atoms with Crippen molar-refractivity contribution >= 4 is 7.32 Å². The standard InChI is InChI=1S/CHN.BH3O3.Na.H/c1-2;2-1(3)4;;/h1H;2-4H;;/q;;+1;-1. The molecule has 0 aliphatic carbocycles. The van der Waals surface area contributed by atoms with Gasteiger partial charge in [0.05, 0.1) is 0 Å². The van der Waals surface area contributed by atoms with Crippen LogP contribution in [0.1, 0.15) is 1.43 Å². The topological polar surface area (TPSA) is 84.5 Å². The normalized spacial score (nSPS) is 4.14. The maximum atomic E-state index is 7.17. The van der Waals surface area contributed by atoms with Crippen LogP contribution in [-0.4, -0.2) is 22.4 Å². The van der Waals surface area contributed by atoms with Gasteiger partial charge in [-0.25, -0.2) is 5.26 Å². The van der Waals surface area contributed by atoms with E-state index >= 15 is 0 Å². The predicted octanol–water partition coefficient (Wildman–Crippen LogP) is -4.80. The van der Waals surface area contributed by atoms with Gasteiger partial charge < -0.3 is 16.5 Å². The van der Waals surface area contributed by atoms with Crippen molar-refractivity contribution in [2.24, 2.45) is 0 Å². The molecule has 0 unspecified atom stereocenters. The number of nitrogens with zero attached hydrogens (tertiary/aromatic N) is 1. The molecule has 7 heavy (non-hydrogen) atoms. The molecule has 0 rings (SSSR count). The van der Waals surface area contributed by atoms with Gasteiger partial charge in [-0.3, -0.25) is 0 Å². The van der Waals surface area contributed by atoms with Crippen molar-refractivity contribution in [3.05, 3.63) is 0 Å². The molecule has 3 N–H and O–H groups in total. The van der Waals surface area contributed by atoms with Crippen LogP contribution >= 0.6 is 0 Å². The molecule has 0 aromatic carbocycles. The Kier molecular flexibility index (Phi) is 36.0. The molecular formula is CH5BNNaO3. The minimum Gasteiger partial charge on any atom is -1.00 e. The number of hydrogen-bond acceptors (Lipinski definition) is 4. The molecule has 6 heteroatoms. The number of rotatable bonds is 0. The minimum atomic E-state index is -2.17. The van der Waals surface area contributed by atoms with Gasteiger partial charge in [0.1, 0.15) is 0 Å². The molecule has 0 bridgehead atoms. The zero-order valence-corrected chi connectivity index (χ0v) is 5.94. The van der Waals surface area contributed by atoms with E-state index in [4.69, 9.17) is 20.3 Å². The van der Waals surface area contributed by atoms with E-state index in [2.05, 4.69) is 6.57 Å². The predicted molar refractivity (Wildman–Crippen MR) is 20.2 cm³/mol. The Morgan fingerprint density at radius 2 is 1.29 bits per heavy atom. The maximum absolute atomic E-state index is 7.17. The summed E-state index contributed by atoms with van der Waals surface area (Å²) in [7, 11) is -2.17. The van der Waals surface area contributed by atoms with Crippen LogP contribution in [0.25, 0.3) is 0 Å². The van der Waals surface area contributed by atoms with Crippen LogP contribution in [0.15, 0.2) is 0 Å². The maximum Gasteiger partial charge on any atom is 1.00 e. The zero-order valence-electron chi connectivity index (χ0n) is 4.94. The molecule has 0 fully saturated rings. The Balaban J connectivity index is -0.0000000183. The second-order valence-corrected chi connectivity index (χ2v) is 0.346. The van der Waals surface area contributed by atoms with Crippen LogP contribution in [0.4, 0.5) is 0 Å². The van der Waals surface area contributed by atoms with Crippen molar-refractivity contribution in [2.75, 3.05) is 0 Å². The molecular weight excluding hydrogens is 108 g/mol. The van der Waals surface area contributed by atoms with Crippen LogP contribution in [0.5, 0.6) is 0 Å². The van der Waals surface area contributed by atoms with Crippen LogP contribution in [0, 0.1) is 11.8 Å². The molecule has 0 heterocycles. The number of nitriles is 1. The van der Waals surface area contributed by atoms with Crippen molar-refractivity contribution in [3.8, 4) is 6.57 Å². The van der Waals surface area contributed by atoms with Crippen molar-refractivity contribution in [3.63, 3.8) is 0 Å². The Morgan fingerprint density at radius 1 is 1.29 bits per heavy atom. The van der Waals surface area contributed by atoms with Crippen LogP contribution in [0.2, 0.25) is 0 Å². The Morgan fingerprint density at radius 3 is 1.29 bits per heavy atom. The first kappa shape index (κ1) is 15.7. The van der Waals surface area contributed by atoms with Gasteiger partial charge >= 0.3 is 36.9 Å². The van der Waals surface area contributed by atoms with Crippen LogP contribution in [-0.2, 0) is 0 Å². The summed E-state index contributed by atoms with van der Waals surface area (Å²) in [6.45, 7) is 3.50. The van der Waals surface area contributed by atoms with Crippen LogP contribution < -0.4 is 29.6 Å². The first-order valence-electron chi connectivity index (χ1n) is 1.03. The molecule has 0 atom stereocenters. The van der Waals surface area contributed by atoms with Crippen molar-refractivity contribution < 1.29 is 46.1 Å². The Hall–Kier alpha value is 0.435. The Labute approximate surface area is 65.3 Å². The van der Waals surface area contributed by atoms with Gasteiger partial charge in [-0.15, -0.1) is 0 Å². The van der Waals surface area contributed by atoms with E-state index in [1.54, 1.807) is 0 Å². The summed E-state index contributed by atoms with van der Waals surface area (Å²) < 4.78 is 0. The van der Waals surface area contributed by atoms with E-state index < -0.39 is 7.32 Å². The second-order valence-electron chi connectivity index (χ2n) is 0.346. The smallest absolute Gasteiger partial charge is 1.00 e. The third kappa shape index (κ3) is 669. The molecule has 36 valence electrons. The molecule has 4 nitrogen and oxygen atoms in total. The van der Waals surface area contributed by atoms with Gasteiger partial charge in [0.25, 0.3) is 0 Å². The van der Waals surface area contributed by atoms with Crippen LogP contribution in [0.3, 0.4) is 0 Å². The zero-order chi connectivity index (χ0) is 5.58. The quantitative estimate of drug-likeness (QED) is 0.275.